The van der Waals surface area contributed by atoms with Crippen molar-refractivity contribution < 1.29 is 9.84 Å². The summed E-state index contributed by atoms with van der Waals surface area (Å²) in [6.45, 7) is 6.79. The molecular formula is C18H20BrNO2. The van der Waals surface area contributed by atoms with Gasteiger partial charge in [0.1, 0.15) is 11.4 Å². The first kappa shape index (κ1) is 15.5. The number of aliphatic hydroxyl groups is 1. The molecular weight excluding hydrogens is 342 g/mol. The molecule has 116 valence electrons. The van der Waals surface area contributed by atoms with Gasteiger partial charge in [-0.05, 0) is 43.2 Å². The summed E-state index contributed by atoms with van der Waals surface area (Å²) in [5.74, 6) is 0.736. The molecule has 0 aliphatic carbocycles. The largest absolute Gasteiger partial charge is 0.493 e. The molecule has 0 bridgehead atoms. The highest BCUT2D eigenvalue weighted by Crippen LogP contribution is 2.47. The highest BCUT2D eigenvalue weighted by molar-refractivity contribution is 9.10. The lowest BCUT2D eigenvalue weighted by molar-refractivity contribution is 0.0265. The van der Waals surface area contributed by atoms with Gasteiger partial charge in [-0.3, -0.25) is 4.98 Å². The van der Waals surface area contributed by atoms with Gasteiger partial charge in [-0.2, -0.15) is 0 Å². The van der Waals surface area contributed by atoms with Gasteiger partial charge in [0.15, 0.2) is 0 Å². The van der Waals surface area contributed by atoms with Crippen molar-refractivity contribution in [2.45, 2.75) is 32.8 Å². The Hall–Kier alpha value is -1.39. The lowest BCUT2D eigenvalue weighted by Crippen LogP contribution is -2.34. The Bertz CT molecular complexity index is 700. The topological polar surface area (TPSA) is 42.4 Å². The second-order valence-electron chi connectivity index (χ2n) is 6.80. The summed E-state index contributed by atoms with van der Waals surface area (Å²) in [5.41, 5.74) is 1.19. The molecule has 1 aromatic heterocycles. The number of pyridine rings is 1. The summed E-state index contributed by atoms with van der Waals surface area (Å²) in [7, 11) is 0. The third-order valence-electron chi connectivity index (χ3n) is 4.15. The van der Waals surface area contributed by atoms with Crippen molar-refractivity contribution in [3.63, 3.8) is 0 Å². The maximum atomic E-state index is 11.6. The quantitative estimate of drug-likeness (QED) is 0.827. The molecule has 0 amide bonds. The van der Waals surface area contributed by atoms with E-state index >= 15 is 0 Å². The maximum Gasteiger partial charge on any atom is 0.136 e. The molecule has 0 spiro atoms. The van der Waals surface area contributed by atoms with Crippen LogP contribution in [-0.2, 0) is 5.60 Å². The van der Waals surface area contributed by atoms with Crippen LogP contribution in [0.2, 0.25) is 0 Å². The zero-order valence-corrected chi connectivity index (χ0v) is 14.6. The molecule has 0 saturated carbocycles. The molecule has 1 aliphatic heterocycles. The molecule has 0 radical (unpaired) electrons. The van der Waals surface area contributed by atoms with Crippen molar-refractivity contribution in [1.29, 1.82) is 0 Å². The van der Waals surface area contributed by atoms with Gasteiger partial charge in [0.2, 0.25) is 0 Å². The smallest absolute Gasteiger partial charge is 0.136 e. The lowest BCUT2D eigenvalue weighted by atomic mass is 9.76. The van der Waals surface area contributed by atoms with Crippen LogP contribution in [0.4, 0.5) is 0 Å². The summed E-state index contributed by atoms with van der Waals surface area (Å²) < 4.78 is 6.97. The first-order valence-corrected chi connectivity index (χ1v) is 8.18. The van der Waals surface area contributed by atoms with E-state index in [9.17, 15) is 5.11 Å². The minimum Gasteiger partial charge on any atom is -0.493 e. The zero-order valence-electron chi connectivity index (χ0n) is 13.1. The monoisotopic (exact) mass is 361 g/mol. The predicted octanol–water partition coefficient (Wildman–Crippen LogP) is 4.20. The first-order chi connectivity index (χ1) is 10.3. The molecule has 1 N–H and O–H groups in total. The Labute approximate surface area is 139 Å². The lowest BCUT2D eigenvalue weighted by Gasteiger charge is -2.33. The van der Waals surface area contributed by atoms with E-state index in [1.165, 1.54) is 0 Å². The van der Waals surface area contributed by atoms with E-state index in [1.807, 2.05) is 37.3 Å². The summed E-state index contributed by atoms with van der Waals surface area (Å²) in [6, 6.07) is 9.58. The summed E-state index contributed by atoms with van der Waals surface area (Å²) in [5, 5.41) is 11.6. The second kappa shape index (κ2) is 5.36. The minimum atomic E-state index is -1.16. The van der Waals surface area contributed by atoms with Crippen LogP contribution in [0.3, 0.4) is 0 Å². The highest BCUT2D eigenvalue weighted by atomic mass is 79.9. The number of aromatic nitrogens is 1. The average molecular weight is 362 g/mol. The number of nitrogens with zero attached hydrogens (tertiary/aromatic N) is 1. The first-order valence-electron chi connectivity index (χ1n) is 7.39. The number of aryl methyl sites for hydroxylation is 1. The number of benzene rings is 1. The van der Waals surface area contributed by atoms with E-state index in [1.54, 1.807) is 6.20 Å². The second-order valence-corrected chi connectivity index (χ2v) is 7.66. The molecule has 2 heterocycles. The molecule has 0 fully saturated rings. The summed E-state index contributed by atoms with van der Waals surface area (Å²) in [6.07, 6.45) is 2.27. The summed E-state index contributed by atoms with van der Waals surface area (Å²) >= 11 is 3.57. The van der Waals surface area contributed by atoms with Crippen molar-refractivity contribution in [3.8, 4) is 5.75 Å². The molecule has 1 aliphatic rings. The standard InChI is InChI=1S/C18H20BrNO2/c1-12-8-15-13(9-14(12)19)18(21,10-17(2,3)11-22-15)16-6-4-5-7-20-16/h4-9,21H,10-11H2,1-3H3. The fourth-order valence-corrected chi connectivity index (χ4v) is 3.39. The van der Waals surface area contributed by atoms with E-state index in [0.717, 1.165) is 21.3 Å². The third-order valence-corrected chi connectivity index (χ3v) is 5.00. The Balaban J connectivity index is 2.25. The SMILES string of the molecule is Cc1cc2c(cc1Br)C(O)(c1ccccn1)CC(C)(C)CO2. The van der Waals surface area contributed by atoms with Crippen molar-refractivity contribution in [1.82, 2.24) is 4.98 Å². The van der Waals surface area contributed by atoms with Crippen LogP contribution < -0.4 is 4.74 Å². The van der Waals surface area contributed by atoms with Crippen LogP contribution in [0.5, 0.6) is 5.75 Å². The number of hydrogen-bond donors (Lipinski definition) is 1. The Morgan fingerprint density at radius 2 is 2.05 bits per heavy atom. The number of ether oxygens (including phenoxy) is 1. The van der Waals surface area contributed by atoms with Crippen molar-refractivity contribution >= 4 is 15.9 Å². The van der Waals surface area contributed by atoms with E-state index in [4.69, 9.17) is 4.74 Å². The van der Waals surface area contributed by atoms with Crippen molar-refractivity contribution in [3.05, 3.63) is 57.8 Å². The van der Waals surface area contributed by atoms with Gasteiger partial charge in [-0.25, -0.2) is 0 Å². The molecule has 1 unspecified atom stereocenters. The number of hydrogen-bond acceptors (Lipinski definition) is 3. The van der Waals surface area contributed by atoms with Crippen LogP contribution in [0, 0.1) is 12.3 Å². The van der Waals surface area contributed by atoms with Crippen molar-refractivity contribution in [2.24, 2.45) is 5.41 Å². The van der Waals surface area contributed by atoms with Crippen LogP contribution in [-0.4, -0.2) is 16.7 Å². The normalized spacial score (nSPS) is 23.3. The third kappa shape index (κ3) is 2.66. The molecule has 3 nitrogen and oxygen atoms in total. The van der Waals surface area contributed by atoms with E-state index < -0.39 is 5.60 Å². The maximum absolute atomic E-state index is 11.6. The Morgan fingerprint density at radius 3 is 2.73 bits per heavy atom. The van der Waals surface area contributed by atoms with E-state index in [0.29, 0.717) is 18.7 Å². The van der Waals surface area contributed by atoms with Gasteiger partial charge in [0, 0.05) is 21.6 Å². The summed E-state index contributed by atoms with van der Waals surface area (Å²) in [4.78, 5) is 4.41. The molecule has 1 atom stereocenters. The molecule has 22 heavy (non-hydrogen) atoms. The van der Waals surface area contributed by atoms with Crippen LogP contribution in [0.25, 0.3) is 0 Å². The van der Waals surface area contributed by atoms with Crippen LogP contribution in [0.15, 0.2) is 41.0 Å². The number of halogens is 1. The van der Waals surface area contributed by atoms with Crippen molar-refractivity contribution in [2.75, 3.05) is 6.61 Å². The predicted molar refractivity (Wildman–Crippen MR) is 90.0 cm³/mol. The molecule has 4 heteroatoms. The fraction of sp³-hybridized carbons (Fsp3) is 0.389. The van der Waals surface area contributed by atoms with Gasteiger partial charge in [0.05, 0.1) is 12.3 Å². The van der Waals surface area contributed by atoms with E-state index in [-0.39, 0.29) is 5.41 Å². The zero-order chi connectivity index (χ0) is 16.0. The van der Waals surface area contributed by atoms with Gasteiger partial charge in [-0.15, -0.1) is 0 Å². The Morgan fingerprint density at radius 1 is 1.27 bits per heavy atom. The van der Waals surface area contributed by atoms with Gasteiger partial charge in [-0.1, -0.05) is 35.8 Å². The highest BCUT2D eigenvalue weighted by Gasteiger charge is 2.43. The van der Waals surface area contributed by atoms with E-state index in [2.05, 4.69) is 34.8 Å². The Kier molecular flexibility index (Phi) is 3.77. The molecule has 3 rings (SSSR count). The van der Waals surface area contributed by atoms with Gasteiger partial charge < -0.3 is 9.84 Å². The minimum absolute atomic E-state index is 0.161. The van der Waals surface area contributed by atoms with Crippen LogP contribution in [0.1, 0.15) is 37.1 Å². The molecule has 2 aromatic rings. The molecule has 1 aromatic carbocycles. The molecule has 0 saturated heterocycles. The van der Waals surface area contributed by atoms with Gasteiger partial charge in [0.25, 0.3) is 0 Å². The number of fused-ring (bicyclic) bond motifs is 1. The average Bonchev–Trinajstić information content (AvgIpc) is 2.57. The number of rotatable bonds is 1. The fourth-order valence-electron chi connectivity index (χ4n) is 3.05. The van der Waals surface area contributed by atoms with Gasteiger partial charge >= 0.3 is 0 Å². The van der Waals surface area contributed by atoms with Crippen LogP contribution >= 0.6 is 15.9 Å².